The Bertz CT molecular complexity index is 870. The molecule has 0 N–H and O–H groups in total. The third kappa shape index (κ3) is 3.80. The largest absolute Gasteiger partial charge is 0.496 e. The third-order valence-corrected chi connectivity index (χ3v) is 4.36. The molecule has 0 aromatic heterocycles. The Morgan fingerprint density at radius 1 is 0.800 bits per heavy atom. The predicted molar refractivity (Wildman–Crippen MR) is 106 cm³/mol. The van der Waals surface area contributed by atoms with E-state index in [4.69, 9.17) is 9.73 Å². The van der Waals surface area contributed by atoms with Crippen LogP contribution in [0.1, 0.15) is 23.6 Å². The van der Waals surface area contributed by atoms with Gasteiger partial charge in [-0.05, 0) is 60.7 Å². The van der Waals surface area contributed by atoms with Gasteiger partial charge in [-0.15, -0.1) is 0 Å². The van der Waals surface area contributed by atoms with Crippen molar-refractivity contribution < 1.29 is 4.74 Å². The summed E-state index contributed by atoms with van der Waals surface area (Å²) in [5, 5.41) is 0. The first-order valence-corrected chi connectivity index (χ1v) is 8.45. The summed E-state index contributed by atoms with van der Waals surface area (Å²) in [6.07, 6.45) is 0. The molecule has 3 rings (SSSR count). The van der Waals surface area contributed by atoms with Crippen molar-refractivity contribution >= 4 is 11.4 Å². The minimum absolute atomic E-state index is 0.934. The highest BCUT2D eigenvalue weighted by molar-refractivity contribution is 6.00. The zero-order valence-electron chi connectivity index (χ0n) is 15.2. The molecule has 0 radical (unpaired) electrons. The van der Waals surface area contributed by atoms with Crippen LogP contribution in [0, 0.1) is 13.8 Å². The number of benzene rings is 3. The zero-order chi connectivity index (χ0) is 17.8. The molecule has 3 aromatic rings. The molecule has 2 heteroatoms. The van der Waals surface area contributed by atoms with E-state index >= 15 is 0 Å². The molecular weight excluding hydrogens is 306 g/mol. The SMILES string of the molecule is COc1c(C)cc(N=C(C)c2ccc(-c3ccccc3)cc2)cc1C. The van der Waals surface area contributed by atoms with E-state index in [0.29, 0.717) is 0 Å². The third-order valence-electron chi connectivity index (χ3n) is 4.36. The Morgan fingerprint density at radius 2 is 1.36 bits per heavy atom. The molecule has 25 heavy (non-hydrogen) atoms. The van der Waals surface area contributed by atoms with Gasteiger partial charge in [0.15, 0.2) is 0 Å². The molecule has 3 aromatic carbocycles. The van der Waals surface area contributed by atoms with Crippen LogP contribution in [0.2, 0.25) is 0 Å². The predicted octanol–water partition coefficient (Wildman–Crippen LogP) is 6.12. The fourth-order valence-electron chi connectivity index (χ4n) is 3.11. The first-order valence-electron chi connectivity index (χ1n) is 8.45. The van der Waals surface area contributed by atoms with Crippen LogP contribution in [0.3, 0.4) is 0 Å². The summed E-state index contributed by atoms with van der Waals surface area (Å²) in [5.41, 5.74) is 7.75. The molecule has 126 valence electrons. The van der Waals surface area contributed by atoms with Gasteiger partial charge >= 0.3 is 0 Å². The quantitative estimate of drug-likeness (QED) is 0.528. The highest BCUT2D eigenvalue weighted by Gasteiger charge is 2.06. The summed E-state index contributed by atoms with van der Waals surface area (Å²) in [5.74, 6) is 0.934. The van der Waals surface area contributed by atoms with E-state index in [1.54, 1.807) is 7.11 Å². The van der Waals surface area contributed by atoms with Crippen molar-refractivity contribution in [2.45, 2.75) is 20.8 Å². The van der Waals surface area contributed by atoms with Gasteiger partial charge in [0.2, 0.25) is 0 Å². The molecule has 0 saturated heterocycles. The Balaban J connectivity index is 1.88. The van der Waals surface area contributed by atoms with Crippen molar-refractivity contribution in [1.82, 2.24) is 0 Å². The number of aliphatic imine (C=N–C) groups is 1. The number of aryl methyl sites for hydroxylation is 2. The average molecular weight is 329 g/mol. The molecule has 0 aliphatic carbocycles. The van der Waals surface area contributed by atoms with E-state index in [2.05, 4.69) is 74.5 Å². The second-order valence-corrected chi connectivity index (χ2v) is 6.25. The lowest BCUT2D eigenvalue weighted by Crippen LogP contribution is -1.95. The second-order valence-electron chi connectivity index (χ2n) is 6.25. The van der Waals surface area contributed by atoms with Crippen molar-refractivity contribution in [1.29, 1.82) is 0 Å². The standard InChI is InChI=1S/C23H23NO/c1-16-14-22(15-17(2)23(16)25-4)24-18(3)19-10-12-21(13-11-19)20-8-6-5-7-9-20/h5-15H,1-4H3. The smallest absolute Gasteiger partial charge is 0.124 e. The van der Waals surface area contributed by atoms with Gasteiger partial charge in [-0.1, -0.05) is 54.6 Å². The van der Waals surface area contributed by atoms with E-state index in [1.165, 1.54) is 11.1 Å². The molecule has 0 spiro atoms. The minimum Gasteiger partial charge on any atom is -0.496 e. The summed E-state index contributed by atoms with van der Waals surface area (Å²) >= 11 is 0. The van der Waals surface area contributed by atoms with Crippen LogP contribution >= 0.6 is 0 Å². The highest BCUT2D eigenvalue weighted by Crippen LogP contribution is 2.29. The highest BCUT2D eigenvalue weighted by atomic mass is 16.5. The molecule has 0 aliphatic heterocycles. The fourth-order valence-corrected chi connectivity index (χ4v) is 3.11. The average Bonchev–Trinajstić information content (AvgIpc) is 2.62. The van der Waals surface area contributed by atoms with Gasteiger partial charge in [-0.2, -0.15) is 0 Å². The Hall–Kier alpha value is -2.87. The lowest BCUT2D eigenvalue weighted by molar-refractivity contribution is 0.408. The number of rotatable bonds is 4. The zero-order valence-corrected chi connectivity index (χ0v) is 15.2. The van der Waals surface area contributed by atoms with E-state index in [-0.39, 0.29) is 0 Å². The summed E-state index contributed by atoms with van der Waals surface area (Å²) in [4.78, 5) is 4.79. The molecule has 0 heterocycles. The van der Waals surface area contributed by atoms with Gasteiger partial charge < -0.3 is 4.74 Å². The molecule has 0 saturated carbocycles. The number of ether oxygens (including phenoxy) is 1. The van der Waals surface area contributed by atoms with Gasteiger partial charge in [-0.3, -0.25) is 4.99 Å². The number of hydrogen-bond acceptors (Lipinski definition) is 2. The summed E-state index contributed by atoms with van der Waals surface area (Å²) in [7, 11) is 1.71. The maximum Gasteiger partial charge on any atom is 0.124 e. The number of hydrogen-bond donors (Lipinski definition) is 0. The normalized spacial score (nSPS) is 11.4. The molecule has 0 aliphatic rings. The number of nitrogens with zero attached hydrogens (tertiary/aromatic N) is 1. The Kier molecular flexibility index (Phi) is 4.99. The molecule has 0 amide bonds. The van der Waals surface area contributed by atoms with E-state index in [0.717, 1.165) is 33.8 Å². The van der Waals surface area contributed by atoms with E-state index in [1.807, 2.05) is 13.0 Å². The number of methoxy groups -OCH3 is 1. The molecule has 0 atom stereocenters. The lowest BCUT2D eigenvalue weighted by atomic mass is 10.0. The van der Waals surface area contributed by atoms with E-state index in [9.17, 15) is 0 Å². The van der Waals surface area contributed by atoms with Crippen molar-refractivity contribution in [2.75, 3.05) is 7.11 Å². The maximum atomic E-state index is 5.43. The van der Waals surface area contributed by atoms with Crippen LogP contribution < -0.4 is 4.74 Å². The molecule has 0 unspecified atom stereocenters. The van der Waals surface area contributed by atoms with Crippen LogP contribution in [0.5, 0.6) is 5.75 Å². The van der Waals surface area contributed by atoms with Crippen LogP contribution in [0.15, 0.2) is 71.7 Å². The van der Waals surface area contributed by atoms with Crippen LogP contribution in [0.4, 0.5) is 5.69 Å². The topological polar surface area (TPSA) is 21.6 Å². The van der Waals surface area contributed by atoms with Crippen molar-refractivity contribution in [2.24, 2.45) is 4.99 Å². The van der Waals surface area contributed by atoms with Crippen LogP contribution in [0.25, 0.3) is 11.1 Å². The summed E-state index contributed by atoms with van der Waals surface area (Å²) in [6, 6.07) is 23.1. The minimum atomic E-state index is 0.934. The second kappa shape index (κ2) is 7.35. The van der Waals surface area contributed by atoms with E-state index < -0.39 is 0 Å². The van der Waals surface area contributed by atoms with Gasteiger partial charge in [0.05, 0.1) is 12.8 Å². The molecule has 2 nitrogen and oxygen atoms in total. The first kappa shape index (κ1) is 17.0. The van der Waals surface area contributed by atoms with Crippen molar-refractivity contribution in [3.05, 3.63) is 83.4 Å². The van der Waals surface area contributed by atoms with Crippen molar-refractivity contribution in [3.8, 4) is 16.9 Å². The maximum absolute atomic E-state index is 5.43. The molecule has 0 bridgehead atoms. The lowest BCUT2D eigenvalue weighted by Gasteiger charge is -2.10. The van der Waals surface area contributed by atoms with Gasteiger partial charge in [0.1, 0.15) is 5.75 Å². The summed E-state index contributed by atoms with van der Waals surface area (Å²) in [6.45, 7) is 6.15. The van der Waals surface area contributed by atoms with Crippen LogP contribution in [-0.4, -0.2) is 12.8 Å². The molecular formula is C23H23NO. The van der Waals surface area contributed by atoms with Crippen molar-refractivity contribution in [3.63, 3.8) is 0 Å². The van der Waals surface area contributed by atoms with Gasteiger partial charge in [0.25, 0.3) is 0 Å². The Morgan fingerprint density at radius 3 is 1.92 bits per heavy atom. The summed E-state index contributed by atoms with van der Waals surface area (Å²) < 4.78 is 5.43. The first-order chi connectivity index (χ1) is 12.1. The fraction of sp³-hybridized carbons (Fsp3) is 0.174. The molecule has 0 fully saturated rings. The van der Waals surface area contributed by atoms with Gasteiger partial charge in [0, 0.05) is 5.71 Å². The van der Waals surface area contributed by atoms with Crippen LogP contribution in [-0.2, 0) is 0 Å². The van der Waals surface area contributed by atoms with Gasteiger partial charge in [-0.25, -0.2) is 0 Å². The monoisotopic (exact) mass is 329 g/mol. The Labute approximate surface area is 149 Å².